The highest BCUT2D eigenvalue weighted by Gasteiger charge is 2.17. The summed E-state index contributed by atoms with van der Waals surface area (Å²) in [5.41, 5.74) is 2.59. The van der Waals surface area contributed by atoms with E-state index in [-0.39, 0.29) is 23.3 Å². The van der Waals surface area contributed by atoms with Gasteiger partial charge in [0.15, 0.2) is 5.16 Å². The lowest BCUT2D eigenvalue weighted by molar-refractivity contribution is -0.113. The van der Waals surface area contributed by atoms with Gasteiger partial charge in [0.1, 0.15) is 0 Å². The average molecular weight is 424 g/mol. The van der Waals surface area contributed by atoms with Crippen molar-refractivity contribution < 1.29 is 4.79 Å². The molecular weight excluding hydrogens is 394 g/mol. The Labute approximate surface area is 181 Å². The van der Waals surface area contributed by atoms with Crippen molar-refractivity contribution in [2.75, 3.05) is 11.1 Å². The zero-order chi connectivity index (χ0) is 21.7. The van der Waals surface area contributed by atoms with Gasteiger partial charge in [-0.05, 0) is 49.4 Å². The number of amides is 1. The summed E-state index contributed by atoms with van der Waals surface area (Å²) < 4.78 is 1.72. The zero-order valence-corrected chi connectivity index (χ0v) is 18.8. The predicted octanol–water partition coefficient (Wildman–Crippen LogP) is 5.61. The van der Waals surface area contributed by atoms with E-state index in [4.69, 9.17) is 0 Å². The van der Waals surface area contributed by atoms with Crippen LogP contribution in [0.25, 0.3) is 10.9 Å². The number of fused-ring (bicyclic) bond motifs is 1. The van der Waals surface area contributed by atoms with Crippen molar-refractivity contribution in [2.24, 2.45) is 0 Å². The minimum atomic E-state index is -0.103. The summed E-state index contributed by atoms with van der Waals surface area (Å²) in [5, 5.41) is 4.22. The van der Waals surface area contributed by atoms with Gasteiger partial charge >= 0.3 is 0 Å². The lowest BCUT2D eigenvalue weighted by atomic mass is 9.97. The number of carbonyl (C=O) groups is 1. The van der Waals surface area contributed by atoms with Crippen LogP contribution >= 0.6 is 11.8 Å². The second-order valence-electron chi connectivity index (χ2n) is 7.58. The molecule has 0 radical (unpaired) electrons. The van der Waals surface area contributed by atoms with Crippen LogP contribution in [0, 0.1) is 0 Å². The van der Waals surface area contributed by atoms with Crippen molar-refractivity contribution in [1.82, 2.24) is 9.55 Å². The molecule has 3 aromatic rings. The molecule has 30 heavy (non-hydrogen) atoms. The van der Waals surface area contributed by atoms with Gasteiger partial charge in [-0.1, -0.05) is 62.9 Å². The molecule has 3 rings (SSSR count). The number of benzene rings is 2. The van der Waals surface area contributed by atoms with Crippen molar-refractivity contribution in [3.05, 3.63) is 64.4 Å². The van der Waals surface area contributed by atoms with Crippen LogP contribution in [-0.4, -0.2) is 21.2 Å². The van der Waals surface area contributed by atoms with Crippen molar-refractivity contribution in [1.29, 1.82) is 0 Å². The highest BCUT2D eigenvalue weighted by Crippen LogP contribution is 2.27. The molecule has 158 valence electrons. The monoisotopic (exact) mass is 423 g/mol. The molecule has 0 aliphatic carbocycles. The molecule has 1 heterocycles. The van der Waals surface area contributed by atoms with Gasteiger partial charge in [-0.3, -0.25) is 14.2 Å². The summed E-state index contributed by atoms with van der Waals surface area (Å²) >= 11 is 1.31. The average Bonchev–Trinajstić information content (AvgIpc) is 2.77. The highest BCUT2D eigenvalue weighted by molar-refractivity contribution is 7.99. The second-order valence-corrected chi connectivity index (χ2v) is 8.52. The van der Waals surface area contributed by atoms with Gasteiger partial charge in [0, 0.05) is 11.7 Å². The number of carbonyl (C=O) groups excluding carboxylic acids is 1. The molecular formula is C24H29N3O2S. The van der Waals surface area contributed by atoms with E-state index in [0.29, 0.717) is 22.0 Å². The largest absolute Gasteiger partial charge is 0.325 e. The van der Waals surface area contributed by atoms with Gasteiger partial charge in [0.2, 0.25) is 5.91 Å². The Morgan fingerprint density at radius 3 is 2.50 bits per heavy atom. The number of hydrogen-bond donors (Lipinski definition) is 1. The minimum Gasteiger partial charge on any atom is -0.325 e. The first kappa shape index (κ1) is 22.1. The quantitative estimate of drug-likeness (QED) is 0.378. The summed E-state index contributed by atoms with van der Waals surface area (Å²) in [6.45, 7) is 8.34. The maximum atomic E-state index is 13.0. The van der Waals surface area contributed by atoms with E-state index in [1.165, 1.54) is 11.8 Å². The molecule has 0 saturated heterocycles. The Hall–Kier alpha value is -2.60. The van der Waals surface area contributed by atoms with Crippen molar-refractivity contribution >= 4 is 34.3 Å². The maximum absolute atomic E-state index is 13.0. The number of nitrogens with zero attached hydrogens (tertiary/aromatic N) is 2. The summed E-state index contributed by atoms with van der Waals surface area (Å²) in [7, 11) is 0. The fourth-order valence-corrected chi connectivity index (χ4v) is 4.27. The molecule has 1 N–H and O–H groups in total. The lowest BCUT2D eigenvalue weighted by Gasteiger charge is -2.18. The van der Waals surface area contributed by atoms with E-state index in [2.05, 4.69) is 30.2 Å². The normalized spacial score (nSPS) is 13.2. The fraction of sp³-hybridized carbons (Fsp3) is 0.375. The number of anilines is 1. The summed E-state index contributed by atoms with van der Waals surface area (Å²) in [4.78, 5) is 30.4. The molecule has 5 nitrogen and oxygen atoms in total. The van der Waals surface area contributed by atoms with Crippen molar-refractivity contribution in [2.45, 2.75) is 57.7 Å². The number of para-hydroxylation sites is 2. The van der Waals surface area contributed by atoms with E-state index < -0.39 is 0 Å². The van der Waals surface area contributed by atoms with Crippen LogP contribution in [0.1, 0.15) is 58.1 Å². The van der Waals surface area contributed by atoms with E-state index >= 15 is 0 Å². The van der Waals surface area contributed by atoms with Crippen LogP contribution in [0.4, 0.5) is 5.69 Å². The lowest BCUT2D eigenvalue weighted by Crippen LogP contribution is -2.26. The zero-order valence-electron chi connectivity index (χ0n) is 18.0. The molecule has 0 aliphatic heterocycles. The van der Waals surface area contributed by atoms with Gasteiger partial charge in [0.05, 0.1) is 16.7 Å². The standard InChI is InChI=1S/C24H29N3O2S/c1-5-16(3)18-11-7-9-13-20(18)25-22(28)15-30-24-26-21-14-10-8-12-19(21)23(29)27(24)17(4)6-2/h7-14,16-17H,5-6,15H2,1-4H3,(H,25,28)/t16-,17+/m0/s1. The van der Waals surface area contributed by atoms with Gasteiger partial charge in [-0.25, -0.2) is 4.98 Å². The van der Waals surface area contributed by atoms with E-state index in [0.717, 1.165) is 24.1 Å². The van der Waals surface area contributed by atoms with Gasteiger partial charge in [-0.2, -0.15) is 0 Å². The van der Waals surface area contributed by atoms with E-state index in [1.807, 2.05) is 50.2 Å². The first-order valence-electron chi connectivity index (χ1n) is 10.5. The van der Waals surface area contributed by atoms with Gasteiger partial charge in [0.25, 0.3) is 5.56 Å². The number of rotatable bonds is 8. The highest BCUT2D eigenvalue weighted by atomic mass is 32.2. The van der Waals surface area contributed by atoms with Crippen LogP contribution in [-0.2, 0) is 4.79 Å². The third kappa shape index (κ3) is 4.75. The Balaban J connectivity index is 1.84. The molecule has 2 aromatic carbocycles. The number of aromatic nitrogens is 2. The molecule has 0 saturated carbocycles. The Kier molecular flexibility index (Phi) is 7.32. The molecule has 0 fully saturated rings. The van der Waals surface area contributed by atoms with Crippen molar-refractivity contribution in [3.63, 3.8) is 0 Å². The first-order chi connectivity index (χ1) is 14.5. The van der Waals surface area contributed by atoms with E-state index in [1.54, 1.807) is 10.6 Å². The van der Waals surface area contributed by atoms with Crippen LogP contribution in [0.3, 0.4) is 0 Å². The third-order valence-electron chi connectivity index (χ3n) is 5.52. The van der Waals surface area contributed by atoms with Crippen LogP contribution in [0.2, 0.25) is 0 Å². The predicted molar refractivity (Wildman–Crippen MR) is 126 cm³/mol. The van der Waals surface area contributed by atoms with Gasteiger partial charge in [-0.15, -0.1) is 0 Å². The fourth-order valence-electron chi connectivity index (χ4n) is 3.38. The number of hydrogen-bond acceptors (Lipinski definition) is 4. The molecule has 0 unspecified atom stereocenters. The summed E-state index contributed by atoms with van der Waals surface area (Å²) in [6, 6.07) is 15.3. The Morgan fingerprint density at radius 2 is 1.77 bits per heavy atom. The molecule has 0 aliphatic rings. The molecule has 0 spiro atoms. The van der Waals surface area contributed by atoms with E-state index in [9.17, 15) is 9.59 Å². The third-order valence-corrected chi connectivity index (χ3v) is 6.47. The summed E-state index contributed by atoms with van der Waals surface area (Å²) in [6.07, 6.45) is 1.81. The Morgan fingerprint density at radius 1 is 1.07 bits per heavy atom. The summed E-state index contributed by atoms with van der Waals surface area (Å²) in [5.74, 6) is 0.455. The number of nitrogens with one attached hydrogen (secondary N) is 1. The molecule has 6 heteroatoms. The second kappa shape index (κ2) is 9.94. The van der Waals surface area contributed by atoms with Crippen LogP contribution < -0.4 is 10.9 Å². The van der Waals surface area contributed by atoms with Crippen LogP contribution in [0.15, 0.2) is 58.5 Å². The Bertz CT molecular complexity index is 1090. The SMILES string of the molecule is CC[C@@H](C)n1c(SCC(=O)Nc2ccccc2[C@@H](C)CC)nc2ccccc2c1=O. The molecule has 2 atom stereocenters. The smallest absolute Gasteiger partial charge is 0.262 e. The maximum Gasteiger partial charge on any atom is 0.262 e. The molecule has 1 amide bonds. The first-order valence-corrected chi connectivity index (χ1v) is 11.5. The molecule has 0 bridgehead atoms. The van der Waals surface area contributed by atoms with Gasteiger partial charge < -0.3 is 5.32 Å². The minimum absolute atomic E-state index is 0.00583. The van der Waals surface area contributed by atoms with Crippen molar-refractivity contribution in [3.8, 4) is 0 Å². The topological polar surface area (TPSA) is 64.0 Å². The van der Waals surface area contributed by atoms with Crippen LogP contribution in [0.5, 0.6) is 0 Å². The number of thioether (sulfide) groups is 1. The molecule has 1 aromatic heterocycles.